The number of likely N-dealkylation sites (N-methyl/N-ethyl adjacent to an activating group) is 1. The Bertz CT molecular complexity index is 477. The molecule has 0 aromatic heterocycles. The minimum atomic E-state index is -3.42. The van der Waals surface area contributed by atoms with Crippen LogP contribution in [0.3, 0.4) is 0 Å². The molecule has 0 aromatic carbocycles. The summed E-state index contributed by atoms with van der Waals surface area (Å²) in [5.41, 5.74) is 0. The molecule has 1 atom stereocenters. The Morgan fingerprint density at radius 1 is 1.33 bits per heavy atom. The molecular formula is C13H24N2O5S. The Kier molecular flexibility index (Phi) is 6.60. The molecule has 0 spiro atoms. The van der Waals surface area contributed by atoms with E-state index in [4.69, 9.17) is 5.11 Å². The molecule has 0 aromatic rings. The van der Waals surface area contributed by atoms with Crippen LogP contribution in [0.5, 0.6) is 0 Å². The van der Waals surface area contributed by atoms with Crippen LogP contribution in [-0.4, -0.2) is 66.5 Å². The molecule has 0 bridgehead atoms. The number of hydrogen-bond acceptors (Lipinski definition) is 4. The maximum atomic E-state index is 12.4. The number of carbonyl (C=O) groups is 2. The molecule has 1 aliphatic heterocycles. The van der Waals surface area contributed by atoms with Gasteiger partial charge in [-0.25, -0.2) is 8.42 Å². The first kappa shape index (κ1) is 17.9. The number of carboxylic acid groups (broad SMARTS) is 1. The first-order chi connectivity index (χ1) is 9.79. The van der Waals surface area contributed by atoms with Gasteiger partial charge in [-0.3, -0.25) is 9.59 Å². The lowest BCUT2D eigenvalue weighted by molar-refractivity contribution is -0.139. The fraction of sp³-hybridized carbons (Fsp3) is 0.846. The molecule has 0 aliphatic carbocycles. The van der Waals surface area contributed by atoms with Gasteiger partial charge in [-0.1, -0.05) is 13.3 Å². The molecule has 1 heterocycles. The highest BCUT2D eigenvalue weighted by atomic mass is 32.2. The van der Waals surface area contributed by atoms with E-state index in [1.54, 1.807) is 6.92 Å². The largest absolute Gasteiger partial charge is 0.481 e. The topological polar surface area (TPSA) is 95.0 Å². The first-order valence-electron chi connectivity index (χ1n) is 7.26. The van der Waals surface area contributed by atoms with Gasteiger partial charge in [0.05, 0.1) is 12.2 Å². The molecule has 0 radical (unpaired) electrons. The van der Waals surface area contributed by atoms with E-state index in [0.717, 1.165) is 12.8 Å². The maximum absolute atomic E-state index is 12.4. The molecule has 1 aliphatic rings. The van der Waals surface area contributed by atoms with Crippen molar-refractivity contribution in [1.29, 1.82) is 0 Å². The highest BCUT2D eigenvalue weighted by molar-refractivity contribution is 7.89. The van der Waals surface area contributed by atoms with Gasteiger partial charge in [0.25, 0.3) is 0 Å². The predicted molar refractivity (Wildman–Crippen MR) is 78.3 cm³/mol. The van der Waals surface area contributed by atoms with Crippen molar-refractivity contribution in [2.45, 2.75) is 45.1 Å². The number of aliphatic carboxylic acids is 1. The zero-order valence-electron chi connectivity index (χ0n) is 12.6. The van der Waals surface area contributed by atoms with E-state index in [9.17, 15) is 18.0 Å². The zero-order chi connectivity index (χ0) is 16.0. The second-order valence-corrected chi connectivity index (χ2v) is 7.38. The summed E-state index contributed by atoms with van der Waals surface area (Å²) < 4.78 is 25.8. The van der Waals surface area contributed by atoms with Crippen molar-refractivity contribution in [3.8, 4) is 0 Å². The third-order valence-corrected chi connectivity index (χ3v) is 5.67. The summed E-state index contributed by atoms with van der Waals surface area (Å²) in [6.45, 7) is 2.25. The van der Waals surface area contributed by atoms with Gasteiger partial charge >= 0.3 is 5.97 Å². The monoisotopic (exact) mass is 320 g/mol. The summed E-state index contributed by atoms with van der Waals surface area (Å²) in [4.78, 5) is 24.3. The van der Waals surface area contributed by atoms with Crippen molar-refractivity contribution in [3.63, 3.8) is 0 Å². The molecule has 0 saturated carbocycles. The van der Waals surface area contributed by atoms with Crippen LogP contribution < -0.4 is 0 Å². The number of sulfonamides is 1. The molecule has 8 heteroatoms. The van der Waals surface area contributed by atoms with Gasteiger partial charge in [0, 0.05) is 20.1 Å². The minimum Gasteiger partial charge on any atom is -0.481 e. The van der Waals surface area contributed by atoms with Gasteiger partial charge in [0.2, 0.25) is 15.9 Å². The van der Waals surface area contributed by atoms with Crippen LogP contribution >= 0.6 is 0 Å². The number of rotatable bonds is 7. The first-order valence-corrected chi connectivity index (χ1v) is 8.86. The Hall–Kier alpha value is -1.15. The zero-order valence-corrected chi connectivity index (χ0v) is 13.4. The number of amides is 1. The minimum absolute atomic E-state index is 0.0373. The van der Waals surface area contributed by atoms with Gasteiger partial charge in [0.1, 0.15) is 6.04 Å². The number of hydrogen-bond donors (Lipinski definition) is 1. The van der Waals surface area contributed by atoms with Crippen LogP contribution in [0.2, 0.25) is 0 Å². The average molecular weight is 320 g/mol. The number of carboxylic acids is 1. The van der Waals surface area contributed by atoms with Crippen LogP contribution in [-0.2, 0) is 19.6 Å². The third-order valence-electron chi connectivity index (χ3n) is 3.60. The van der Waals surface area contributed by atoms with Crippen LogP contribution in [0.4, 0.5) is 0 Å². The van der Waals surface area contributed by atoms with Crippen molar-refractivity contribution in [1.82, 2.24) is 9.21 Å². The van der Waals surface area contributed by atoms with Gasteiger partial charge in [0.15, 0.2) is 0 Å². The van der Waals surface area contributed by atoms with E-state index in [1.165, 1.54) is 16.3 Å². The van der Waals surface area contributed by atoms with Gasteiger partial charge in [-0.05, 0) is 19.3 Å². The van der Waals surface area contributed by atoms with E-state index in [0.29, 0.717) is 19.4 Å². The normalized spacial score (nSPS) is 20.2. The second kappa shape index (κ2) is 7.74. The van der Waals surface area contributed by atoms with Crippen LogP contribution in [0.25, 0.3) is 0 Å². The van der Waals surface area contributed by atoms with Crippen molar-refractivity contribution in [2.24, 2.45) is 0 Å². The lowest BCUT2D eigenvalue weighted by Gasteiger charge is -2.35. The second-order valence-electron chi connectivity index (χ2n) is 5.34. The molecule has 1 saturated heterocycles. The number of carbonyl (C=O) groups excluding carboxylic acids is 1. The highest BCUT2D eigenvalue weighted by Crippen LogP contribution is 2.22. The van der Waals surface area contributed by atoms with Gasteiger partial charge < -0.3 is 10.0 Å². The van der Waals surface area contributed by atoms with Crippen LogP contribution in [0.15, 0.2) is 0 Å². The van der Waals surface area contributed by atoms with Crippen LogP contribution in [0, 0.1) is 0 Å². The highest BCUT2D eigenvalue weighted by Gasteiger charge is 2.37. The molecule has 1 amide bonds. The molecular weight excluding hydrogens is 296 g/mol. The molecule has 1 N–H and O–H groups in total. The maximum Gasteiger partial charge on any atom is 0.305 e. The molecule has 1 rings (SSSR count). The van der Waals surface area contributed by atoms with Crippen molar-refractivity contribution in [3.05, 3.63) is 0 Å². The van der Waals surface area contributed by atoms with Crippen LogP contribution in [0.1, 0.15) is 39.0 Å². The molecule has 7 nitrogen and oxygen atoms in total. The van der Waals surface area contributed by atoms with Crippen molar-refractivity contribution < 1.29 is 23.1 Å². The molecule has 122 valence electrons. The van der Waals surface area contributed by atoms with E-state index in [-0.39, 0.29) is 24.6 Å². The van der Waals surface area contributed by atoms with Gasteiger partial charge in [-0.2, -0.15) is 4.31 Å². The van der Waals surface area contributed by atoms with E-state index in [1.807, 2.05) is 0 Å². The summed E-state index contributed by atoms with van der Waals surface area (Å²) >= 11 is 0. The van der Waals surface area contributed by atoms with E-state index in [2.05, 4.69) is 0 Å². The fourth-order valence-electron chi connectivity index (χ4n) is 2.49. The molecule has 0 unspecified atom stereocenters. The fourth-order valence-corrected chi connectivity index (χ4v) is 4.23. The predicted octanol–water partition coefficient (Wildman–Crippen LogP) is 0.514. The standard InChI is InChI=1S/C13H24N2O5S/c1-3-10-21(19,20)15-8-5-4-6-11(15)13(18)14(2)9-7-12(16)17/h11H,3-10H2,1-2H3,(H,16,17)/t11-/m0/s1. The lowest BCUT2D eigenvalue weighted by Crippen LogP contribution is -2.52. The van der Waals surface area contributed by atoms with E-state index >= 15 is 0 Å². The van der Waals surface area contributed by atoms with Gasteiger partial charge in [-0.15, -0.1) is 0 Å². The summed E-state index contributed by atoms with van der Waals surface area (Å²) in [5.74, 6) is -1.25. The quantitative estimate of drug-likeness (QED) is 0.737. The Labute approximate surface area is 126 Å². The number of piperidine rings is 1. The SMILES string of the molecule is CCCS(=O)(=O)N1CCCC[C@H]1C(=O)N(C)CCC(=O)O. The Morgan fingerprint density at radius 2 is 2.00 bits per heavy atom. The molecule has 21 heavy (non-hydrogen) atoms. The van der Waals surface area contributed by atoms with Crippen molar-refractivity contribution >= 4 is 21.9 Å². The average Bonchev–Trinajstić information content (AvgIpc) is 2.43. The molecule has 1 fully saturated rings. The lowest BCUT2D eigenvalue weighted by atomic mass is 10.0. The summed E-state index contributed by atoms with van der Waals surface area (Å²) in [7, 11) is -1.90. The number of nitrogens with zero attached hydrogens (tertiary/aromatic N) is 2. The third kappa shape index (κ3) is 4.96. The summed E-state index contributed by atoms with van der Waals surface area (Å²) in [5, 5.41) is 8.66. The van der Waals surface area contributed by atoms with E-state index < -0.39 is 22.0 Å². The Balaban J connectivity index is 2.81. The summed E-state index contributed by atoms with van der Waals surface area (Å²) in [6, 6.07) is -0.686. The Morgan fingerprint density at radius 3 is 2.57 bits per heavy atom. The summed E-state index contributed by atoms with van der Waals surface area (Å²) in [6.07, 6.45) is 2.43. The van der Waals surface area contributed by atoms with Crippen molar-refractivity contribution in [2.75, 3.05) is 25.9 Å². The smallest absolute Gasteiger partial charge is 0.305 e.